The van der Waals surface area contributed by atoms with Crippen molar-refractivity contribution in [3.05, 3.63) is 0 Å². The van der Waals surface area contributed by atoms with Crippen LogP contribution in [0, 0.1) is 11.8 Å². The van der Waals surface area contributed by atoms with E-state index in [1.165, 1.54) is 38.5 Å². The van der Waals surface area contributed by atoms with Crippen LogP contribution in [0.2, 0.25) is 0 Å². The fraction of sp³-hybridized carbons (Fsp3) is 1.00. The molecule has 5 unspecified atom stereocenters. The lowest BCUT2D eigenvalue weighted by Crippen LogP contribution is -2.52. The molecule has 2 nitrogen and oxygen atoms in total. The van der Waals surface area contributed by atoms with Gasteiger partial charge in [0, 0.05) is 12.1 Å². The average molecular weight is 239 g/mol. The number of aliphatic hydroxyl groups excluding tert-OH is 1. The summed E-state index contributed by atoms with van der Waals surface area (Å²) in [6.07, 6.45) is 8.75. The first-order valence-corrected chi connectivity index (χ1v) is 7.49. The van der Waals surface area contributed by atoms with E-state index in [0.29, 0.717) is 12.1 Å². The van der Waals surface area contributed by atoms with Crippen molar-refractivity contribution in [2.45, 2.75) is 77.0 Å². The Kier molecular flexibility index (Phi) is 4.48. The van der Waals surface area contributed by atoms with Crippen molar-refractivity contribution in [2.24, 2.45) is 11.8 Å². The number of nitrogens with zero attached hydrogens (tertiary/aromatic N) is 1. The Morgan fingerprint density at radius 2 is 1.65 bits per heavy atom. The maximum absolute atomic E-state index is 10.2. The zero-order chi connectivity index (χ0) is 12.4. The van der Waals surface area contributed by atoms with Gasteiger partial charge in [-0.1, -0.05) is 26.7 Å². The van der Waals surface area contributed by atoms with E-state index in [4.69, 9.17) is 0 Å². The molecular weight excluding hydrogens is 210 g/mol. The summed E-state index contributed by atoms with van der Waals surface area (Å²) >= 11 is 0. The summed E-state index contributed by atoms with van der Waals surface area (Å²) in [7, 11) is 2.25. The van der Waals surface area contributed by atoms with Gasteiger partial charge >= 0.3 is 0 Å². The predicted octanol–water partition coefficient (Wildman–Crippen LogP) is 3.05. The molecule has 0 aliphatic heterocycles. The Hall–Kier alpha value is -0.0800. The van der Waals surface area contributed by atoms with Crippen LogP contribution in [0.25, 0.3) is 0 Å². The van der Waals surface area contributed by atoms with Gasteiger partial charge in [-0.3, -0.25) is 4.90 Å². The van der Waals surface area contributed by atoms with Crippen LogP contribution in [0.4, 0.5) is 0 Å². The molecule has 17 heavy (non-hydrogen) atoms. The van der Waals surface area contributed by atoms with Gasteiger partial charge in [0.05, 0.1) is 6.10 Å². The highest BCUT2D eigenvalue weighted by Crippen LogP contribution is 2.33. The first-order valence-electron chi connectivity index (χ1n) is 7.49. The van der Waals surface area contributed by atoms with Crippen molar-refractivity contribution in [1.82, 2.24) is 4.90 Å². The molecule has 0 heterocycles. The van der Waals surface area contributed by atoms with Crippen LogP contribution in [0.3, 0.4) is 0 Å². The van der Waals surface area contributed by atoms with Crippen molar-refractivity contribution in [1.29, 1.82) is 0 Å². The van der Waals surface area contributed by atoms with Gasteiger partial charge in [0.2, 0.25) is 0 Å². The van der Waals surface area contributed by atoms with Gasteiger partial charge in [-0.2, -0.15) is 0 Å². The van der Waals surface area contributed by atoms with Crippen molar-refractivity contribution in [3.63, 3.8) is 0 Å². The van der Waals surface area contributed by atoms with Gasteiger partial charge in [-0.15, -0.1) is 0 Å². The Labute approximate surface area is 106 Å². The SMILES string of the molecule is CC1CCC(O)C(N(C)C2CCCCC2C)C1. The molecule has 0 amide bonds. The van der Waals surface area contributed by atoms with E-state index in [-0.39, 0.29) is 6.10 Å². The van der Waals surface area contributed by atoms with E-state index < -0.39 is 0 Å². The third-order valence-electron chi connectivity index (χ3n) is 5.16. The molecule has 0 spiro atoms. The molecule has 100 valence electrons. The lowest BCUT2D eigenvalue weighted by atomic mass is 9.80. The summed E-state index contributed by atoms with van der Waals surface area (Å²) in [6, 6.07) is 1.11. The van der Waals surface area contributed by atoms with Crippen molar-refractivity contribution in [3.8, 4) is 0 Å². The van der Waals surface area contributed by atoms with E-state index in [1.807, 2.05) is 0 Å². The second-order valence-corrected chi connectivity index (χ2v) is 6.55. The van der Waals surface area contributed by atoms with Crippen LogP contribution in [0.5, 0.6) is 0 Å². The molecule has 0 aromatic rings. The fourth-order valence-electron chi connectivity index (χ4n) is 3.92. The number of aliphatic hydroxyl groups is 1. The molecular formula is C15H29NO. The number of likely N-dealkylation sites (N-methyl/N-ethyl adjacent to an activating group) is 1. The molecule has 2 heteroatoms. The minimum absolute atomic E-state index is 0.0923. The van der Waals surface area contributed by atoms with Crippen molar-refractivity contribution in [2.75, 3.05) is 7.05 Å². The summed E-state index contributed by atoms with van der Waals surface area (Å²) in [4.78, 5) is 2.52. The zero-order valence-electron chi connectivity index (χ0n) is 11.7. The first kappa shape index (κ1) is 13.4. The quantitative estimate of drug-likeness (QED) is 0.800. The Morgan fingerprint density at radius 3 is 2.35 bits per heavy atom. The van der Waals surface area contributed by atoms with E-state index >= 15 is 0 Å². The molecule has 0 radical (unpaired) electrons. The molecule has 1 N–H and O–H groups in total. The normalized spacial score (nSPS) is 43.9. The topological polar surface area (TPSA) is 23.5 Å². The third kappa shape index (κ3) is 3.03. The van der Waals surface area contributed by atoms with Gasteiger partial charge in [-0.25, -0.2) is 0 Å². The summed E-state index contributed by atoms with van der Waals surface area (Å²) in [5.41, 5.74) is 0. The third-order valence-corrected chi connectivity index (χ3v) is 5.16. The van der Waals surface area contributed by atoms with Gasteiger partial charge < -0.3 is 5.11 Å². The average Bonchev–Trinajstić information content (AvgIpc) is 2.32. The maximum atomic E-state index is 10.2. The lowest BCUT2D eigenvalue weighted by Gasteiger charge is -2.45. The van der Waals surface area contributed by atoms with Crippen LogP contribution < -0.4 is 0 Å². The number of hydrogen-bond acceptors (Lipinski definition) is 2. The number of rotatable bonds is 2. The molecule has 0 aromatic heterocycles. The van der Waals surface area contributed by atoms with E-state index in [2.05, 4.69) is 25.8 Å². The maximum Gasteiger partial charge on any atom is 0.0695 e. The van der Waals surface area contributed by atoms with E-state index in [9.17, 15) is 5.11 Å². The molecule has 2 aliphatic rings. The second-order valence-electron chi connectivity index (χ2n) is 6.55. The molecule has 2 saturated carbocycles. The van der Waals surface area contributed by atoms with Crippen molar-refractivity contribution >= 4 is 0 Å². The van der Waals surface area contributed by atoms with Gasteiger partial charge in [0.25, 0.3) is 0 Å². The molecule has 0 bridgehead atoms. The van der Waals surface area contributed by atoms with Crippen LogP contribution in [-0.2, 0) is 0 Å². The van der Waals surface area contributed by atoms with Gasteiger partial charge in [0.1, 0.15) is 0 Å². The highest BCUT2D eigenvalue weighted by Gasteiger charge is 2.35. The highest BCUT2D eigenvalue weighted by atomic mass is 16.3. The Morgan fingerprint density at radius 1 is 0.941 bits per heavy atom. The van der Waals surface area contributed by atoms with Crippen molar-refractivity contribution < 1.29 is 5.11 Å². The largest absolute Gasteiger partial charge is 0.391 e. The van der Waals surface area contributed by atoms with Gasteiger partial charge in [0.15, 0.2) is 0 Å². The summed E-state index contributed by atoms with van der Waals surface area (Å²) < 4.78 is 0. The highest BCUT2D eigenvalue weighted by molar-refractivity contribution is 4.90. The molecule has 0 aromatic carbocycles. The first-order chi connectivity index (χ1) is 8.09. The summed E-state index contributed by atoms with van der Waals surface area (Å²) in [5, 5.41) is 10.2. The zero-order valence-corrected chi connectivity index (χ0v) is 11.7. The standard InChI is InChI=1S/C15H29NO/c1-11-8-9-15(17)14(10-11)16(3)13-7-5-4-6-12(13)2/h11-15,17H,4-10H2,1-3H3. The smallest absolute Gasteiger partial charge is 0.0695 e. The summed E-state index contributed by atoms with van der Waals surface area (Å²) in [6.45, 7) is 4.72. The van der Waals surface area contributed by atoms with E-state index in [0.717, 1.165) is 18.3 Å². The van der Waals surface area contributed by atoms with Crippen LogP contribution in [0.15, 0.2) is 0 Å². The molecule has 2 rings (SSSR count). The molecule has 2 aliphatic carbocycles. The monoisotopic (exact) mass is 239 g/mol. The number of hydrogen-bond donors (Lipinski definition) is 1. The predicted molar refractivity (Wildman–Crippen MR) is 72.0 cm³/mol. The summed E-state index contributed by atoms with van der Waals surface area (Å²) in [5.74, 6) is 1.59. The van der Waals surface area contributed by atoms with Crippen LogP contribution in [-0.4, -0.2) is 35.2 Å². The second kappa shape index (κ2) is 5.71. The lowest BCUT2D eigenvalue weighted by molar-refractivity contribution is -0.0188. The molecule has 5 atom stereocenters. The fourth-order valence-corrected chi connectivity index (χ4v) is 3.92. The minimum Gasteiger partial charge on any atom is -0.391 e. The van der Waals surface area contributed by atoms with Crippen LogP contribution >= 0.6 is 0 Å². The van der Waals surface area contributed by atoms with E-state index in [1.54, 1.807) is 0 Å². The Bertz CT molecular complexity index is 243. The minimum atomic E-state index is -0.0923. The molecule has 0 saturated heterocycles. The van der Waals surface area contributed by atoms with Gasteiger partial charge in [-0.05, 0) is 51.0 Å². The molecule has 2 fully saturated rings. The Balaban J connectivity index is 1.99. The van der Waals surface area contributed by atoms with Crippen LogP contribution in [0.1, 0.15) is 58.8 Å².